The molecular formula is C20H21ClN6O4S2. The van der Waals surface area contributed by atoms with Crippen molar-refractivity contribution >= 4 is 61.9 Å². The molecule has 0 aliphatic carbocycles. The van der Waals surface area contributed by atoms with Crippen LogP contribution in [0.3, 0.4) is 0 Å². The number of ether oxygens (including phenoxy) is 1. The van der Waals surface area contributed by atoms with Crippen LogP contribution in [0.15, 0.2) is 34.9 Å². The molecule has 4 aromatic rings. The van der Waals surface area contributed by atoms with E-state index in [0.29, 0.717) is 17.0 Å². The predicted molar refractivity (Wildman–Crippen MR) is 127 cm³/mol. The molecule has 1 fully saturated rings. The second-order valence-electron chi connectivity index (χ2n) is 7.70. The van der Waals surface area contributed by atoms with Crippen molar-refractivity contribution in [1.29, 1.82) is 0 Å². The zero-order chi connectivity index (χ0) is 23.1. The van der Waals surface area contributed by atoms with E-state index in [1.165, 1.54) is 10.9 Å². The van der Waals surface area contributed by atoms with Gasteiger partial charge in [0.25, 0.3) is 0 Å². The van der Waals surface area contributed by atoms with Crippen LogP contribution in [0, 0.1) is 0 Å². The maximum Gasteiger partial charge on any atom is 0.226 e. The Morgan fingerprint density at radius 1 is 1.24 bits per heavy atom. The summed E-state index contributed by atoms with van der Waals surface area (Å²) in [5.74, 6) is 1.19. The van der Waals surface area contributed by atoms with Gasteiger partial charge in [-0.1, -0.05) is 23.9 Å². The van der Waals surface area contributed by atoms with E-state index in [1.807, 2.05) is 25.1 Å². The molecule has 0 saturated carbocycles. The van der Waals surface area contributed by atoms with Crippen molar-refractivity contribution in [2.75, 3.05) is 17.7 Å². The quantitative estimate of drug-likeness (QED) is 0.217. The molecule has 174 valence electrons. The third kappa shape index (κ3) is 4.39. The Bertz CT molecular complexity index is 1250. The lowest BCUT2D eigenvalue weighted by atomic mass is 10.1. The minimum Gasteiger partial charge on any atom is -0.394 e. The Balaban J connectivity index is 1.34. The van der Waals surface area contributed by atoms with Gasteiger partial charge in [0, 0.05) is 11.8 Å². The zero-order valence-electron chi connectivity index (χ0n) is 17.4. The number of hydrogen-bond acceptors (Lipinski definition) is 11. The number of thiazole rings is 1. The third-order valence-electron chi connectivity index (χ3n) is 5.30. The Kier molecular flexibility index (Phi) is 6.40. The zero-order valence-corrected chi connectivity index (χ0v) is 19.8. The molecule has 1 aliphatic rings. The molecule has 5 rings (SSSR count). The topological polar surface area (TPSA) is 138 Å². The van der Waals surface area contributed by atoms with Gasteiger partial charge in [0.05, 0.1) is 23.2 Å². The highest BCUT2D eigenvalue weighted by molar-refractivity contribution is 8.01. The number of para-hydroxylation sites is 1. The van der Waals surface area contributed by atoms with E-state index in [1.54, 1.807) is 23.1 Å². The van der Waals surface area contributed by atoms with Crippen molar-refractivity contribution in [3.63, 3.8) is 0 Å². The largest absolute Gasteiger partial charge is 0.394 e. The lowest BCUT2D eigenvalue weighted by Gasteiger charge is -2.17. The number of nitrogens with zero attached hydrogens (tertiary/aromatic N) is 5. The van der Waals surface area contributed by atoms with Gasteiger partial charge in [-0.3, -0.25) is 4.57 Å². The number of anilines is 1. The molecule has 5 atom stereocenters. The fourth-order valence-electron chi connectivity index (χ4n) is 3.67. The first kappa shape index (κ1) is 22.7. The number of fused-ring (bicyclic) bond motifs is 2. The van der Waals surface area contributed by atoms with Crippen LogP contribution in [0.5, 0.6) is 0 Å². The molecule has 0 bridgehead atoms. The normalized spacial score (nSPS) is 24.0. The standard InChI is InChI=1S/C20H21ClN6O4S2/c1-9(7-32-20-24-10-4-2-3-5-12(10)33-20)23-16-13-17(26-19(21)25-16)27(8-22-13)18-15(30)14(29)11(6-28)31-18/h2-5,8-9,11,14-15,18,28-30H,6-7H2,1H3,(H,23,25,26)/t9-,11+,14+,15+,18+/m0/s1. The van der Waals surface area contributed by atoms with Crippen molar-refractivity contribution in [3.8, 4) is 0 Å². The minimum absolute atomic E-state index is 0.00418. The number of aromatic nitrogens is 5. The number of benzene rings is 1. The monoisotopic (exact) mass is 508 g/mol. The van der Waals surface area contributed by atoms with Gasteiger partial charge < -0.3 is 25.4 Å². The van der Waals surface area contributed by atoms with Crippen molar-refractivity contribution in [1.82, 2.24) is 24.5 Å². The van der Waals surface area contributed by atoms with E-state index in [0.717, 1.165) is 20.3 Å². The number of imidazole rings is 1. The number of aliphatic hydroxyl groups is 3. The molecule has 4 heterocycles. The van der Waals surface area contributed by atoms with E-state index in [4.69, 9.17) is 16.3 Å². The first-order valence-corrected chi connectivity index (χ1v) is 12.4. The van der Waals surface area contributed by atoms with Gasteiger partial charge in [-0.15, -0.1) is 11.3 Å². The number of thioether (sulfide) groups is 1. The Labute approximate surface area is 201 Å². The molecule has 3 aromatic heterocycles. The minimum atomic E-state index is -1.26. The predicted octanol–water partition coefficient (Wildman–Crippen LogP) is 2.29. The second kappa shape index (κ2) is 9.29. The van der Waals surface area contributed by atoms with Gasteiger partial charge in [-0.05, 0) is 30.7 Å². The summed E-state index contributed by atoms with van der Waals surface area (Å²) in [7, 11) is 0. The summed E-state index contributed by atoms with van der Waals surface area (Å²) in [4.78, 5) is 17.6. The van der Waals surface area contributed by atoms with Crippen molar-refractivity contribution < 1.29 is 20.1 Å². The molecule has 0 amide bonds. The highest BCUT2D eigenvalue weighted by Gasteiger charge is 2.44. The number of nitrogens with one attached hydrogen (secondary N) is 1. The molecule has 0 unspecified atom stereocenters. The van der Waals surface area contributed by atoms with E-state index >= 15 is 0 Å². The summed E-state index contributed by atoms with van der Waals surface area (Å²) < 4.78 is 9.23. The molecule has 4 N–H and O–H groups in total. The molecule has 33 heavy (non-hydrogen) atoms. The van der Waals surface area contributed by atoms with Crippen LogP contribution in [0.25, 0.3) is 21.4 Å². The van der Waals surface area contributed by atoms with Crippen molar-refractivity contribution in [2.45, 2.75) is 41.8 Å². The summed E-state index contributed by atoms with van der Waals surface area (Å²) in [6, 6.07) is 8.05. The van der Waals surface area contributed by atoms with Crippen LogP contribution in [-0.2, 0) is 4.74 Å². The number of aliphatic hydroxyl groups excluding tert-OH is 3. The molecule has 0 radical (unpaired) electrons. The highest BCUT2D eigenvalue weighted by atomic mass is 35.5. The van der Waals surface area contributed by atoms with Gasteiger partial charge in [-0.2, -0.15) is 9.97 Å². The van der Waals surface area contributed by atoms with Crippen LogP contribution < -0.4 is 5.32 Å². The maximum atomic E-state index is 10.4. The van der Waals surface area contributed by atoms with Crippen LogP contribution in [0.2, 0.25) is 5.28 Å². The average molecular weight is 509 g/mol. The molecule has 1 aliphatic heterocycles. The van der Waals surface area contributed by atoms with Crippen LogP contribution in [-0.4, -0.2) is 76.5 Å². The first-order chi connectivity index (χ1) is 15.9. The first-order valence-electron chi connectivity index (χ1n) is 10.2. The van der Waals surface area contributed by atoms with Gasteiger partial charge in [0.1, 0.15) is 18.3 Å². The number of rotatable bonds is 7. The Morgan fingerprint density at radius 2 is 2.06 bits per heavy atom. The maximum absolute atomic E-state index is 10.4. The molecule has 1 saturated heterocycles. The Morgan fingerprint density at radius 3 is 2.82 bits per heavy atom. The third-order valence-corrected chi connectivity index (χ3v) is 7.91. The molecule has 1 aromatic carbocycles. The summed E-state index contributed by atoms with van der Waals surface area (Å²) in [5, 5.41) is 33.1. The fraction of sp³-hybridized carbons (Fsp3) is 0.400. The van der Waals surface area contributed by atoms with Crippen molar-refractivity contribution in [3.05, 3.63) is 35.9 Å². The summed E-state index contributed by atoms with van der Waals surface area (Å²) in [6.45, 7) is 1.60. The highest BCUT2D eigenvalue weighted by Crippen LogP contribution is 2.33. The van der Waals surface area contributed by atoms with E-state index in [2.05, 4.69) is 31.3 Å². The van der Waals surface area contributed by atoms with Crippen LogP contribution in [0.1, 0.15) is 13.2 Å². The smallest absolute Gasteiger partial charge is 0.226 e. The summed E-state index contributed by atoms with van der Waals surface area (Å²) >= 11 is 9.48. The lowest BCUT2D eigenvalue weighted by molar-refractivity contribution is -0.0511. The average Bonchev–Trinajstić information content (AvgIpc) is 3.48. The van der Waals surface area contributed by atoms with Gasteiger partial charge >= 0.3 is 0 Å². The lowest BCUT2D eigenvalue weighted by Crippen LogP contribution is -2.33. The van der Waals surface area contributed by atoms with Crippen molar-refractivity contribution in [2.24, 2.45) is 0 Å². The second-order valence-corrected chi connectivity index (χ2v) is 10.3. The van der Waals surface area contributed by atoms with Crippen LogP contribution in [0.4, 0.5) is 5.82 Å². The van der Waals surface area contributed by atoms with Gasteiger partial charge in [0.2, 0.25) is 5.28 Å². The SMILES string of the molecule is C[C@@H](CSc1nc2ccccc2s1)Nc1nc(Cl)nc2c1ncn2[C@@H]1O[C@H](CO)[C@@H](O)[C@H]1O. The summed E-state index contributed by atoms with van der Waals surface area (Å²) in [6.07, 6.45) is -2.91. The van der Waals surface area contributed by atoms with E-state index < -0.39 is 31.1 Å². The molecule has 13 heteroatoms. The fourth-order valence-corrected chi connectivity index (χ4v) is 5.88. The summed E-state index contributed by atoms with van der Waals surface area (Å²) in [5.41, 5.74) is 1.79. The van der Waals surface area contributed by atoms with E-state index in [9.17, 15) is 15.3 Å². The Hall–Kier alpha value is -2.06. The number of hydrogen-bond donors (Lipinski definition) is 4. The molecule has 0 spiro atoms. The molecule has 10 nitrogen and oxygen atoms in total. The van der Waals surface area contributed by atoms with Gasteiger partial charge in [0.15, 0.2) is 27.5 Å². The van der Waals surface area contributed by atoms with Gasteiger partial charge in [-0.25, -0.2) is 9.97 Å². The number of halogens is 1. The van der Waals surface area contributed by atoms with Crippen LogP contribution >= 0.6 is 34.7 Å². The molecular weight excluding hydrogens is 488 g/mol. The van der Waals surface area contributed by atoms with E-state index in [-0.39, 0.29) is 11.3 Å².